The molecule has 1 aliphatic carbocycles. The molecule has 6 heteroatoms. The molecule has 6 nitrogen and oxygen atoms in total. The first kappa shape index (κ1) is 23.6. The van der Waals surface area contributed by atoms with Gasteiger partial charge in [0, 0.05) is 36.4 Å². The van der Waals surface area contributed by atoms with Gasteiger partial charge in [-0.15, -0.1) is 0 Å². The van der Waals surface area contributed by atoms with Crippen molar-refractivity contribution >= 4 is 17.3 Å². The Hall–Kier alpha value is -3.54. The van der Waals surface area contributed by atoms with Crippen LogP contribution in [-0.2, 0) is 11.3 Å². The first-order chi connectivity index (χ1) is 16.3. The van der Waals surface area contributed by atoms with Gasteiger partial charge in [0.2, 0.25) is 0 Å². The fourth-order valence-corrected chi connectivity index (χ4v) is 3.74. The van der Waals surface area contributed by atoms with Crippen LogP contribution in [0.2, 0.25) is 0 Å². The summed E-state index contributed by atoms with van der Waals surface area (Å²) >= 11 is 0. The van der Waals surface area contributed by atoms with Crippen molar-refractivity contribution in [2.24, 2.45) is 0 Å². The maximum atomic E-state index is 12.7. The van der Waals surface area contributed by atoms with Gasteiger partial charge in [-0.2, -0.15) is 0 Å². The Bertz CT molecular complexity index is 1120. The average molecular weight is 461 g/mol. The fourth-order valence-electron chi connectivity index (χ4n) is 3.74. The number of pyridine rings is 1. The van der Waals surface area contributed by atoms with Crippen LogP contribution in [0.5, 0.6) is 11.5 Å². The summed E-state index contributed by atoms with van der Waals surface area (Å²) in [6, 6.07) is 17.4. The molecule has 0 unspecified atom stereocenters. The van der Waals surface area contributed by atoms with Gasteiger partial charge >= 0.3 is 5.97 Å². The second-order valence-electron chi connectivity index (χ2n) is 9.51. The Balaban J connectivity index is 1.71. The zero-order chi connectivity index (χ0) is 24.1. The van der Waals surface area contributed by atoms with Gasteiger partial charge in [-0.3, -0.25) is 4.98 Å². The summed E-state index contributed by atoms with van der Waals surface area (Å²) in [7, 11) is 1.65. The minimum Gasteiger partial charge on any atom is -0.493 e. The summed E-state index contributed by atoms with van der Waals surface area (Å²) in [6.07, 6.45) is 7.15. The molecule has 178 valence electrons. The standard InChI is InChI=1S/C28H32N2O4/c1-28(2,3)34-27(31)21-9-5-10-22(16-21)30(19-20-8-7-15-29-18-20)23-13-14-25(32-4)26(17-23)33-24-11-6-12-24/h5,7-10,13-18,24H,6,11-12,19H2,1-4H3. The second-order valence-corrected chi connectivity index (χ2v) is 9.51. The van der Waals surface area contributed by atoms with E-state index in [0.29, 0.717) is 17.9 Å². The number of benzene rings is 2. The van der Waals surface area contributed by atoms with E-state index in [2.05, 4.69) is 9.88 Å². The number of hydrogen-bond donors (Lipinski definition) is 0. The lowest BCUT2D eigenvalue weighted by Gasteiger charge is -2.29. The third-order valence-electron chi connectivity index (χ3n) is 5.66. The van der Waals surface area contributed by atoms with E-state index >= 15 is 0 Å². The van der Waals surface area contributed by atoms with Crippen molar-refractivity contribution in [2.45, 2.75) is 58.3 Å². The molecule has 1 heterocycles. The van der Waals surface area contributed by atoms with Gasteiger partial charge in [-0.05, 0) is 82.0 Å². The van der Waals surface area contributed by atoms with Crippen LogP contribution in [0.3, 0.4) is 0 Å². The summed E-state index contributed by atoms with van der Waals surface area (Å²) in [5.74, 6) is 1.09. The molecule has 2 aromatic carbocycles. The number of methoxy groups -OCH3 is 1. The predicted molar refractivity (Wildman–Crippen MR) is 133 cm³/mol. The Kier molecular flexibility index (Phi) is 7.06. The number of carbonyl (C=O) groups excluding carboxylic acids is 1. The third kappa shape index (κ3) is 5.87. The molecule has 0 spiro atoms. The van der Waals surface area contributed by atoms with Gasteiger partial charge in [0.1, 0.15) is 5.60 Å². The molecular weight excluding hydrogens is 428 g/mol. The van der Waals surface area contributed by atoms with E-state index in [9.17, 15) is 4.79 Å². The highest BCUT2D eigenvalue weighted by Gasteiger charge is 2.23. The Morgan fingerprint density at radius 3 is 2.47 bits per heavy atom. The summed E-state index contributed by atoms with van der Waals surface area (Å²) in [5, 5.41) is 0. The van der Waals surface area contributed by atoms with E-state index < -0.39 is 5.60 Å². The summed E-state index contributed by atoms with van der Waals surface area (Å²) in [6.45, 7) is 6.17. The van der Waals surface area contributed by atoms with Crippen LogP contribution in [-0.4, -0.2) is 29.8 Å². The first-order valence-electron chi connectivity index (χ1n) is 11.7. The molecule has 1 saturated carbocycles. The molecule has 3 aromatic rings. The van der Waals surface area contributed by atoms with Crippen molar-refractivity contribution in [1.29, 1.82) is 0 Å². The zero-order valence-electron chi connectivity index (χ0n) is 20.3. The largest absolute Gasteiger partial charge is 0.493 e. The smallest absolute Gasteiger partial charge is 0.338 e. The van der Waals surface area contributed by atoms with Gasteiger partial charge in [-0.1, -0.05) is 12.1 Å². The normalized spacial score (nSPS) is 13.6. The maximum Gasteiger partial charge on any atom is 0.338 e. The molecule has 1 aliphatic rings. The van der Waals surface area contributed by atoms with Crippen molar-refractivity contribution in [3.8, 4) is 11.5 Å². The lowest BCUT2D eigenvalue weighted by molar-refractivity contribution is 0.00695. The van der Waals surface area contributed by atoms with E-state index in [1.54, 1.807) is 19.4 Å². The average Bonchev–Trinajstić information content (AvgIpc) is 2.79. The van der Waals surface area contributed by atoms with Crippen LogP contribution in [0.4, 0.5) is 11.4 Å². The maximum absolute atomic E-state index is 12.7. The number of hydrogen-bond acceptors (Lipinski definition) is 6. The van der Waals surface area contributed by atoms with Gasteiger partial charge in [0.05, 0.1) is 18.8 Å². The summed E-state index contributed by atoms with van der Waals surface area (Å²) in [4.78, 5) is 19.1. The van der Waals surface area contributed by atoms with E-state index in [0.717, 1.165) is 35.5 Å². The molecule has 1 aromatic heterocycles. The number of rotatable bonds is 8. The van der Waals surface area contributed by atoms with E-state index in [4.69, 9.17) is 14.2 Å². The summed E-state index contributed by atoms with van der Waals surface area (Å²) in [5.41, 5.74) is 2.78. The molecule has 1 fully saturated rings. The van der Waals surface area contributed by atoms with Gasteiger partial charge < -0.3 is 19.1 Å². The lowest BCUT2D eigenvalue weighted by Crippen LogP contribution is -2.25. The SMILES string of the molecule is COc1ccc(N(Cc2cccnc2)c2cccc(C(=O)OC(C)(C)C)c2)cc1OC1CCC1. The van der Waals surface area contributed by atoms with Gasteiger partial charge in [0.25, 0.3) is 0 Å². The molecule has 0 bridgehead atoms. The van der Waals surface area contributed by atoms with Crippen molar-refractivity contribution in [3.05, 3.63) is 78.1 Å². The molecule has 0 saturated heterocycles. The quantitative estimate of drug-likeness (QED) is 0.367. The molecule has 0 atom stereocenters. The number of nitrogens with zero attached hydrogens (tertiary/aromatic N) is 2. The number of carbonyl (C=O) groups is 1. The molecule has 4 rings (SSSR count). The van der Waals surface area contributed by atoms with Crippen molar-refractivity contribution in [1.82, 2.24) is 4.98 Å². The van der Waals surface area contributed by atoms with Gasteiger partial charge in [0.15, 0.2) is 11.5 Å². The van der Waals surface area contributed by atoms with Crippen molar-refractivity contribution < 1.29 is 19.0 Å². The van der Waals surface area contributed by atoms with E-state index in [-0.39, 0.29) is 12.1 Å². The van der Waals surface area contributed by atoms with Crippen LogP contribution in [0.15, 0.2) is 67.0 Å². The van der Waals surface area contributed by atoms with Crippen LogP contribution < -0.4 is 14.4 Å². The Morgan fingerprint density at radius 2 is 1.82 bits per heavy atom. The number of ether oxygens (including phenoxy) is 3. The summed E-state index contributed by atoms with van der Waals surface area (Å²) < 4.78 is 17.4. The third-order valence-corrected chi connectivity index (χ3v) is 5.66. The van der Waals surface area contributed by atoms with Crippen LogP contribution in [0.25, 0.3) is 0 Å². The zero-order valence-corrected chi connectivity index (χ0v) is 20.3. The molecular formula is C28H32N2O4. The predicted octanol–water partition coefficient (Wildman–Crippen LogP) is 6.32. The minimum atomic E-state index is -0.563. The van der Waals surface area contributed by atoms with Crippen LogP contribution in [0.1, 0.15) is 56.0 Å². The molecule has 0 amide bonds. The Morgan fingerprint density at radius 1 is 1.03 bits per heavy atom. The van der Waals surface area contributed by atoms with Crippen LogP contribution >= 0.6 is 0 Å². The molecule has 0 radical (unpaired) electrons. The van der Waals surface area contributed by atoms with E-state index in [1.165, 1.54) is 6.42 Å². The van der Waals surface area contributed by atoms with Gasteiger partial charge in [-0.25, -0.2) is 4.79 Å². The molecule has 0 aliphatic heterocycles. The minimum absolute atomic E-state index is 0.228. The molecule has 34 heavy (non-hydrogen) atoms. The highest BCUT2D eigenvalue weighted by atomic mass is 16.6. The fraction of sp³-hybridized carbons (Fsp3) is 0.357. The van der Waals surface area contributed by atoms with E-state index in [1.807, 2.05) is 75.5 Å². The first-order valence-corrected chi connectivity index (χ1v) is 11.7. The topological polar surface area (TPSA) is 60.9 Å². The number of esters is 1. The monoisotopic (exact) mass is 460 g/mol. The highest BCUT2D eigenvalue weighted by Crippen LogP contribution is 2.38. The highest BCUT2D eigenvalue weighted by molar-refractivity contribution is 5.91. The second kappa shape index (κ2) is 10.2. The number of aromatic nitrogens is 1. The molecule has 0 N–H and O–H groups in total. The number of anilines is 2. The van der Waals surface area contributed by atoms with Crippen molar-refractivity contribution in [2.75, 3.05) is 12.0 Å². The Labute approximate surface area is 201 Å². The lowest BCUT2D eigenvalue weighted by atomic mass is 9.96. The van der Waals surface area contributed by atoms with Crippen LogP contribution in [0, 0.1) is 0 Å². The van der Waals surface area contributed by atoms with Crippen molar-refractivity contribution in [3.63, 3.8) is 0 Å².